The van der Waals surface area contributed by atoms with E-state index in [9.17, 15) is 44.7 Å². The second kappa shape index (κ2) is 8.26. The van der Waals surface area contributed by atoms with Crippen molar-refractivity contribution in [2.24, 2.45) is 17.6 Å². The van der Waals surface area contributed by atoms with Crippen LogP contribution in [0.1, 0.15) is 38.3 Å². The maximum Gasteiger partial charge on any atom is 0.255 e. The third-order valence-electron chi connectivity index (χ3n) is 7.27. The second-order valence-corrected chi connectivity index (χ2v) is 9.24. The van der Waals surface area contributed by atoms with Gasteiger partial charge in [-0.05, 0) is 28.8 Å². The molecular weight excluding hydrogens is 482 g/mol. The van der Waals surface area contributed by atoms with Crippen molar-refractivity contribution < 1.29 is 44.7 Å². The molecule has 0 bridgehead atoms. The summed E-state index contributed by atoms with van der Waals surface area (Å²) >= 11 is 0. The number of ketones is 2. The number of aromatic hydroxyl groups is 1. The van der Waals surface area contributed by atoms with Crippen LogP contribution >= 0.6 is 0 Å². The molecule has 2 aromatic rings. The van der Waals surface area contributed by atoms with E-state index in [0.717, 1.165) is 0 Å². The molecule has 3 aliphatic rings. The van der Waals surface area contributed by atoms with Crippen LogP contribution in [0.25, 0.3) is 11.6 Å². The third-order valence-corrected chi connectivity index (χ3v) is 7.27. The van der Waals surface area contributed by atoms with Gasteiger partial charge in [0.2, 0.25) is 5.78 Å². The highest BCUT2D eigenvalue weighted by atomic mass is 16.4. The number of hydrogen-bond acceptors (Lipinski definition) is 9. The summed E-state index contributed by atoms with van der Waals surface area (Å²) in [5, 5.41) is 55.0. The Morgan fingerprint density at radius 1 is 1.05 bits per heavy atom. The first kappa shape index (κ1) is 24.2. The van der Waals surface area contributed by atoms with Crippen molar-refractivity contribution in [1.82, 2.24) is 0 Å². The Balaban J connectivity index is 1.82. The van der Waals surface area contributed by atoms with Crippen LogP contribution in [0.3, 0.4) is 0 Å². The molecule has 188 valence electrons. The summed E-state index contributed by atoms with van der Waals surface area (Å²) in [4.78, 5) is 49.8. The molecule has 4 unspecified atom stereocenters. The van der Waals surface area contributed by atoms with Gasteiger partial charge in [-0.2, -0.15) is 0 Å². The monoisotopic (exact) mass is 503 g/mol. The predicted octanol–water partition coefficient (Wildman–Crippen LogP) is 1.36. The number of aldehydes is 1. The van der Waals surface area contributed by atoms with Gasteiger partial charge in [0.05, 0.1) is 17.2 Å². The van der Waals surface area contributed by atoms with Crippen LogP contribution < -0.4 is 5.73 Å². The largest absolute Gasteiger partial charge is 0.511 e. The molecule has 0 aromatic heterocycles. The van der Waals surface area contributed by atoms with Crippen molar-refractivity contribution in [3.63, 3.8) is 0 Å². The molecule has 10 heteroatoms. The van der Waals surface area contributed by atoms with Crippen molar-refractivity contribution >= 4 is 35.4 Å². The Morgan fingerprint density at radius 3 is 2.41 bits per heavy atom. The van der Waals surface area contributed by atoms with Gasteiger partial charge in [0.1, 0.15) is 29.1 Å². The lowest BCUT2D eigenvalue weighted by molar-refractivity contribution is -0.152. The molecule has 0 spiro atoms. The summed E-state index contributed by atoms with van der Waals surface area (Å²) < 4.78 is 0. The zero-order chi connectivity index (χ0) is 26.8. The lowest BCUT2D eigenvalue weighted by Crippen LogP contribution is -2.62. The normalized spacial score (nSPS) is 28.1. The number of allylic oxidation sites excluding steroid dienone is 1. The quantitative estimate of drug-likeness (QED) is 0.265. The predicted molar refractivity (Wildman–Crippen MR) is 128 cm³/mol. The highest BCUT2D eigenvalue weighted by molar-refractivity contribution is 6.25. The van der Waals surface area contributed by atoms with E-state index >= 15 is 0 Å². The molecule has 4 atom stereocenters. The standard InChI is InChI=1S/C27H21NO9/c28-26(36)20-17(31)9-15-22(32)19-14(8-11-3-1-4-12(7-11)10-29)13-5-2-6-16(30)18(13)23(33)21(19)25(35)27(15,37)24(20)34/h1-8,10,15,19,22,30-32,35,37H,9H2,(H2,28,36)/b14-8+. The Kier molecular flexibility index (Phi) is 5.39. The van der Waals surface area contributed by atoms with Crippen LogP contribution in [0.5, 0.6) is 5.75 Å². The van der Waals surface area contributed by atoms with Gasteiger partial charge >= 0.3 is 0 Å². The smallest absolute Gasteiger partial charge is 0.255 e. The SMILES string of the molecule is NC(=O)C1=C(O)CC2C(O)C3C(=C(O)C2(O)C1=O)C(=O)c1c(O)cccc1/C3=C\c1cccc(C=O)c1. The summed E-state index contributed by atoms with van der Waals surface area (Å²) in [6.45, 7) is 0. The maximum absolute atomic E-state index is 13.6. The van der Waals surface area contributed by atoms with Gasteiger partial charge < -0.3 is 31.3 Å². The van der Waals surface area contributed by atoms with Crippen LogP contribution in [0.2, 0.25) is 0 Å². The molecule has 0 fully saturated rings. The van der Waals surface area contributed by atoms with E-state index in [1.807, 2.05) is 0 Å². The Labute approximate surface area is 209 Å². The molecule has 2 aromatic carbocycles. The number of nitrogens with two attached hydrogens (primary N) is 1. The fourth-order valence-electron chi connectivity index (χ4n) is 5.59. The maximum atomic E-state index is 13.6. The van der Waals surface area contributed by atoms with Crippen molar-refractivity contribution in [3.8, 4) is 5.75 Å². The first-order chi connectivity index (χ1) is 17.5. The summed E-state index contributed by atoms with van der Waals surface area (Å²) in [6.07, 6.45) is -0.114. The molecule has 0 saturated heterocycles. The van der Waals surface area contributed by atoms with Crippen LogP contribution in [0.4, 0.5) is 0 Å². The zero-order valence-corrected chi connectivity index (χ0v) is 19.1. The van der Waals surface area contributed by atoms with E-state index in [4.69, 9.17) is 5.73 Å². The van der Waals surface area contributed by atoms with E-state index in [-0.39, 0.29) is 16.7 Å². The molecule has 0 saturated carbocycles. The van der Waals surface area contributed by atoms with Gasteiger partial charge in [-0.3, -0.25) is 19.2 Å². The average molecular weight is 503 g/mol. The fourth-order valence-corrected chi connectivity index (χ4v) is 5.59. The number of phenolic OH excluding ortho intramolecular Hbond substituents is 1. The summed E-state index contributed by atoms with van der Waals surface area (Å²) in [5.41, 5.74) is 1.88. The van der Waals surface area contributed by atoms with Crippen molar-refractivity contribution in [1.29, 1.82) is 0 Å². The highest BCUT2D eigenvalue weighted by Gasteiger charge is 2.63. The molecule has 0 radical (unpaired) electrons. The summed E-state index contributed by atoms with van der Waals surface area (Å²) in [7, 11) is 0. The molecule has 7 N–H and O–H groups in total. The second-order valence-electron chi connectivity index (χ2n) is 9.24. The number of aliphatic hydroxyl groups is 4. The molecule has 37 heavy (non-hydrogen) atoms. The first-order valence-corrected chi connectivity index (χ1v) is 11.3. The third kappa shape index (κ3) is 3.26. The van der Waals surface area contributed by atoms with Crippen molar-refractivity contribution in [2.75, 3.05) is 0 Å². The topological polar surface area (TPSA) is 195 Å². The van der Waals surface area contributed by atoms with Gasteiger partial charge in [0.15, 0.2) is 11.4 Å². The molecule has 0 aliphatic heterocycles. The van der Waals surface area contributed by atoms with E-state index in [0.29, 0.717) is 17.4 Å². The minimum Gasteiger partial charge on any atom is -0.511 e. The van der Waals surface area contributed by atoms with Crippen LogP contribution in [0, 0.1) is 11.8 Å². The molecule has 1 amide bonds. The number of carbonyl (C=O) groups excluding carboxylic acids is 4. The van der Waals surface area contributed by atoms with E-state index < -0.39 is 75.8 Å². The van der Waals surface area contributed by atoms with E-state index in [1.165, 1.54) is 18.2 Å². The number of hydrogen-bond donors (Lipinski definition) is 6. The Hall–Kier alpha value is -4.54. The number of rotatable bonds is 3. The lowest BCUT2D eigenvalue weighted by atomic mass is 9.57. The number of Topliss-reactive ketones (excluding diaryl/α,β-unsaturated/α-hetero) is 2. The number of primary amides is 1. The Bertz CT molecular complexity index is 1520. The van der Waals surface area contributed by atoms with Crippen LogP contribution in [0.15, 0.2) is 65.1 Å². The van der Waals surface area contributed by atoms with Crippen molar-refractivity contribution in [3.05, 3.63) is 87.4 Å². The van der Waals surface area contributed by atoms with E-state index in [2.05, 4.69) is 0 Å². The van der Waals surface area contributed by atoms with Crippen LogP contribution in [-0.4, -0.2) is 61.0 Å². The number of phenols is 1. The number of benzene rings is 2. The van der Waals surface area contributed by atoms with Gasteiger partial charge in [0.25, 0.3) is 5.91 Å². The number of carbonyl (C=O) groups is 4. The first-order valence-electron chi connectivity index (χ1n) is 11.3. The Morgan fingerprint density at radius 2 is 1.73 bits per heavy atom. The van der Waals surface area contributed by atoms with Crippen LogP contribution in [-0.2, 0) is 9.59 Å². The lowest BCUT2D eigenvalue weighted by Gasteiger charge is -2.49. The van der Waals surface area contributed by atoms with Gasteiger partial charge in [-0.1, -0.05) is 36.4 Å². The number of aliphatic hydroxyl groups excluding tert-OH is 3. The molecule has 10 nitrogen and oxygen atoms in total. The summed E-state index contributed by atoms with van der Waals surface area (Å²) in [5.74, 6) is -8.89. The van der Waals surface area contributed by atoms with Gasteiger partial charge in [0, 0.05) is 23.8 Å². The molecular formula is C27H21NO9. The number of fused-ring (bicyclic) bond motifs is 3. The average Bonchev–Trinajstić information content (AvgIpc) is 2.86. The minimum absolute atomic E-state index is 0.229. The summed E-state index contributed by atoms with van der Waals surface area (Å²) in [6, 6.07) is 10.6. The molecule has 5 rings (SSSR count). The molecule has 3 aliphatic carbocycles. The molecule has 0 heterocycles. The highest BCUT2D eigenvalue weighted by Crippen LogP contribution is 2.55. The number of amides is 1. The van der Waals surface area contributed by atoms with E-state index in [1.54, 1.807) is 30.3 Å². The zero-order valence-electron chi connectivity index (χ0n) is 19.1. The minimum atomic E-state index is -2.93. The fraction of sp³-hybridized carbons (Fsp3) is 0.185. The van der Waals surface area contributed by atoms with Crippen molar-refractivity contribution in [2.45, 2.75) is 18.1 Å². The van der Waals surface area contributed by atoms with Gasteiger partial charge in [-0.15, -0.1) is 0 Å². The van der Waals surface area contributed by atoms with Gasteiger partial charge in [-0.25, -0.2) is 0 Å².